The van der Waals surface area contributed by atoms with Gasteiger partial charge in [0.1, 0.15) is 5.82 Å². The van der Waals surface area contributed by atoms with Crippen LogP contribution in [0.5, 0.6) is 0 Å². The topological polar surface area (TPSA) is 29.1 Å². The van der Waals surface area contributed by atoms with E-state index in [9.17, 15) is 9.18 Å². The minimum absolute atomic E-state index is 0.106. The smallest absolute Gasteiger partial charge is 0.221 e. The Balaban J connectivity index is 2.13. The molecular formula is C14H16FNO. The summed E-state index contributed by atoms with van der Waals surface area (Å²) in [7, 11) is 0. The number of hydrogen-bond donors (Lipinski definition) is 1. The third-order valence-electron chi connectivity index (χ3n) is 4.36. The van der Waals surface area contributed by atoms with Crippen molar-refractivity contribution in [3.8, 4) is 0 Å². The lowest BCUT2D eigenvalue weighted by Crippen LogP contribution is -2.38. The van der Waals surface area contributed by atoms with Crippen LogP contribution in [0.1, 0.15) is 37.3 Å². The summed E-state index contributed by atoms with van der Waals surface area (Å²) in [5, 5.41) is 3.04. The quantitative estimate of drug-likeness (QED) is 0.792. The number of fused-ring (bicyclic) bond motifs is 2. The van der Waals surface area contributed by atoms with Crippen LogP contribution >= 0.6 is 0 Å². The SMILES string of the molecule is CCC1NC(=O)CC12CCc1c(F)cccc12. The molecular weight excluding hydrogens is 217 g/mol. The summed E-state index contributed by atoms with van der Waals surface area (Å²) in [6.07, 6.45) is 3.07. The van der Waals surface area contributed by atoms with Gasteiger partial charge in [-0.15, -0.1) is 0 Å². The molecule has 1 spiro atoms. The molecule has 2 atom stereocenters. The normalized spacial score (nSPS) is 30.7. The van der Waals surface area contributed by atoms with Crippen LogP contribution in [-0.4, -0.2) is 11.9 Å². The number of carbonyl (C=O) groups excluding carboxylic acids is 1. The molecule has 90 valence electrons. The zero-order chi connectivity index (χ0) is 12.0. The molecule has 17 heavy (non-hydrogen) atoms. The fourth-order valence-corrected chi connectivity index (χ4v) is 3.59. The molecule has 2 nitrogen and oxygen atoms in total. The molecule has 2 aliphatic rings. The average molecular weight is 233 g/mol. The van der Waals surface area contributed by atoms with Gasteiger partial charge in [0.15, 0.2) is 0 Å². The van der Waals surface area contributed by atoms with E-state index in [0.29, 0.717) is 6.42 Å². The number of benzene rings is 1. The van der Waals surface area contributed by atoms with E-state index in [4.69, 9.17) is 0 Å². The standard InChI is InChI=1S/C14H16FNO/c1-2-12-14(8-13(17)16-12)7-6-9-10(14)4-3-5-11(9)15/h3-5,12H,2,6-8H2,1H3,(H,16,17). The molecule has 0 radical (unpaired) electrons. The van der Waals surface area contributed by atoms with Gasteiger partial charge in [0.2, 0.25) is 5.91 Å². The van der Waals surface area contributed by atoms with E-state index in [2.05, 4.69) is 12.2 Å². The van der Waals surface area contributed by atoms with Crippen LogP contribution in [0.2, 0.25) is 0 Å². The van der Waals surface area contributed by atoms with Gasteiger partial charge >= 0.3 is 0 Å². The minimum Gasteiger partial charge on any atom is -0.352 e. The van der Waals surface area contributed by atoms with Crippen molar-refractivity contribution in [3.05, 3.63) is 35.1 Å². The molecule has 1 amide bonds. The predicted octanol–water partition coefficient (Wildman–Crippen LogP) is 2.31. The van der Waals surface area contributed by atoms with Crippen LogP contribution in [0.15, 0.2) is 18.2 Å². The lowest BCUT2D eigenvalue weighted by molar-refractivity contribution is -0.119. The summed E-state index contributed by atoms with van der Waals surface area (Å²) < 4.78 is 13.8. The molecule has 0 saturated carbocycles. The minimum atomic E-state index is -0.150. The molecule has 1 aromatic rings. The predicted molar refractivity (Wildman–Crippen MR) is 63.2 cm³/mol. The van der Waals surface area contributed by atoms with Gasteiger partial charge in [-0.1, -0.05) is 19.1 Å². The molecule has 1 aromatic carbocycles. The first kappa shape index (κ1) is 10.8. The van der Waals surface area contributed by atoms with Gasteiger partial charge in [-0.3, -0.25) is 4.79 Å². The number of carbonyl (C=O) groups is 1. The van der Waals surface area contributed by atoms with Crippen LogP contribution in [-0.2, 0) is 16.6 Å². The Morgan fingerprint density at radius 3 is 3.12 bits per heavy atom. The van der Waals surface area contributed by atoms with Crippen LogP contribution in [0.3, 0.4) is 0 Å². The van der Waals surface area contributed by atoms with Gasteiger partial charge in [0.05, 0.1) is 0 Å². The van der Waals surface area contributed by atoms with Gasteiger partial charge in [0, 0.05) is 17.9 Å². The van der Waals surface area contributed by atoms with Crippen molar-refractivity contribution in [1.82, 2.24) is 5.32 Å². The second kappa shape index (κ2) is 3.56. The maximum atomic E-state index is 13.8. The first-order valence-electron chi connectivity index (χ1n) is 6.24. The van der Waals surface area contributed by atoms with Gasteiger partial charge in [0.25, 0.3) is 0 Å². The Morgan fingerprint density at radius 2 is 2.35 bits per heavy atom. The average Bonchev–Trinajstić information content (AvgIpc) is 2.83. The second-order valence-electron chi connectivity index (χ2n) is 5.13. The van der Waals surface area contributed by atoms with Crippen LogP contribution in [0, 0.1) is 5.82 Å². The van der Waals surface area contributed by atoms with Crippen molar-refractivity contribution in [2.24, 2.45) is 0 Å². The highest BCUT2D eigenvalue weighted by atomic mass is 19.1. The first-order valence-corrected chi connectivity index (χ1v) is 6.24. The molecule has 1 N–H and O–H groups in total. The first-order chi connectivity index (χ1) is 8.17. The van der Waals surface area contributed by atoms with E-state index >= 15 is 0 Å². The molecule has 1 aliphatic heterocycles. The van der Waals surface area contributed by atoms with Crippen molar-refractivity contribution in [3.63, 3.8) is 0 Å². The maximum Gasteiger partial charge on any atom is 0.221 e. The molecule has 1 saturated heterocycles. The van der Waals surface area contributed by atoms with Crippen molar-refractivity contribution in [1.29, 1.82) is 0 Å². The summed E-state index contributed by atoms with van der Waals surface area (Å²) >= 11 is 0. The fraction of sp³-hybridized carbons (Fsp3) is 0.500. The molecule has 0 aromatic heterocycles. The second-order valence-corrected chi connectivity index (χ2v) is 5.13. The summed E-state index contributed by atoms with van der Waals surface area (Å²) in [6, 6.07) is 5.44. The molecule has 0 bridgehead atoms. The number of nitrogens with one attached hydrogen (secondary N) is 1. The summed E-state index contributed by atoms with van der Waals surface area (Å²) in [5.74, 6) is -0.0115. The Kier molecular flexibility index (Phi) is 2.25. The summed E-state index contributed by atoms with van der Waals surface area (Å²) in [4.78, 5) is 11.7. The zero-order valence-corrected chi connectivity index (χ0v) is 9.92. The number of hydrogen-bond acceptors (Lipinski definition) is 1. The fourth-order valence-electron chi connectivity index (χ4n) is 3.59. The largest absolute Gasteiger partial charge is 0.352 e. The number of amides is 1. The maximum absolute atomic E-state index is 13.8. The van der Waals surface area contributed by atoms with Crippen LogP contribution in [0.4, 0.5) is 4.39 Å². The Labute approximate surface area is 100 Å². The third kappa shape index (κ3) is 1.34. The highest BCUT2D eigenvalue weighted by Gasteiger charge is 2.50. The van der Waals surface area contributed by atoms with E-state index in [1.807, 2.05) is 6.07 Å². The lowest BCUT2D eigenvalue weighted by atomic mass is 9.74. The zero-order valence-electron chi connectivity index (χ0n) is 9.92. The Hall–Kier alpha value is -1.38. The van der Waals surface area contributed by atoms with Crippen LogP contribution in [0.25, 0.3) is 0 Å². The molecule has 2 unspecified atom stereocenters. The van der Waals surface area contributed by atoms with Gasteiger partial charge in [-0.2, -0.15) is 0 Å². The molecule has 3 heteroatoms. The Morgan fingerprint density at radius 1 is 1.53 bits per heavy atom. The number of rotatable bonds is 1. The van der Waals surface area contributed by atoms with Gasteiger partial charge in [-0.05, 0) is 36.5 Å². The van der Waals surface area contributed by atoms with Gasteiger partial charge in [-0.25, -0.2) is 4.39 Å². The summed E-state index contributed by atoms with van der Waals surface area (Å²) in [5.41, 5.74) is 1.73. The van der Waals surface area contributed by atoms with Gasteiger partial charge < -0.3 is 5.32 Å². The van der Waals surface area contributed by atoms with E-state index in [1.165, 1.54) is 6.07 Å². The molecule has 1 aliphatic carbocycles. The molecule has 3 rings (SSSR count). The van der Waals surface area contributed by atoms with E-state index in [0.717, 1.165) is 30.4 Å². The Bertz CT molecular complexity index is 485. The van der Waals surface area contributed by atoms with E-state index in [1.54, 1.807) is 6.07 Å². The lowest BCUT2D eigenvalue weighted by Gasteiger charge is -2.30. The monoisotopic (exact) mass is 233 g/mol. The van der Waals surface area contributed by atoms with E-state index < -0.39 is 0 Å². The molecule has 1 heterocycles. The highest BCUT2D eigenvalue weighted by molar-refractivity contribution is 5.82. The van der Waals surface area contributed by atoms with Crippen molar-refractivity contribution >= 4 is 5.91 Å². The van der Waals surface area contributed by atoms with Crippen molar-refractivity contribution in [2.75, 3.05) is 0 Å². The summed E-state index contributed by atoms with van der Waals surface area (Å²) in [6.45, 7) is 2.08. The highest BCUT2D eigenvalue weighted by Crippen LogP contribution is 2.48. The van der Waals surface area contributed by atoms with E-state index in [-0.39, 0.29) is 23.2 Å². The third-order valence-corrected chi connectivity index (χ3v) is 4.36. The van der Waals surface area contributed by atoms with Crippen molar-refractivity contribution < 1.29 is 9.18 Å². The van der Waals surface area contributed by atoms with Crippen LogP contribution < -0.4 is 5.32 Å². The molecule has 1 fully saturated rings. The van der Waals surface area contributed by atoms with Crippen molar-refractivity contribution in [2.45, 2.75) is 44.1 Å². The number of halogens is 1.